The Morgan fingerprint density at radius 2 is 2.15 bits per heavy atom. The van der Waals surface area contributed by atoms with Gasteiger partial charge in [0.15, 0.2) is 0 Å². The van der Waals surface area contributed by atoms with Crippen molar-refractivity contribution in [3.05, 3.63) is 23.8 Å². The number of imidazole rings is 1. The minimum atomic E-state index is 0.482. The molecule has 0 amide bonds. The molecule has 0 saturated carbocycles. The lowest BCUT2D eigenvalue weighted by atomic mass is 10.2. The zero-order chi connectivity index (χ0) is 14.5. The van der Waals surface area contributed by atoms with Crippen molar-refractivity contribution in [2.75, 3.05) is 25.4 Å². The van der Waals surface area contributed by atoms with Crippen LogP contribution in [0.2, 0.25) is 0 Å². The first kappa shape index (κ1) is 14.4. The first-order valence-electron chi connectivity index (χ1n) is 7.08. The largest absolute Gasteiger partial charge is 0.369 e. The minimum absolute atomic E-state index is 0.482. The predicted molar refractivity (Wildman–Crippen MR) is 81.3 cm³/mol. The molecule has 1 aromatic carbocycles. The predicted octanol–water partition coefficient (Wildman–Crippen LogP) is 2.22. The zero-order valence-electron chi connectivity index (χ0n) is 12.1. The van der Waals surface area contributed by atoms with E-state index in [9.17, 15) is 0 Å². The first-order chi connectivity index (χ1) is 9.71. The van der Waals surface area contributed by atoms with E-state index in [-0.39, 0.29) is 0 Å². The molecule has 0 aliphatic carbocycles. The number of rotatable bonds is 6. The van der Waals surface area contributed by atoms with E-state index in [0.29, 0.717) is 17.0 Å². The topological polar surface area (TPSA) is 70.9 Å². The maximum atomic E-state index is 9.11. The maximum absolute atomic E-state index is 9.11. The Bertz CT molecular complexity index is 623. The van der Waals surface area contributed by atoms with Crippen LogP contribution >= 0.6 is 0 Å². The fourth-order valence-electron chi connectivity index (χ4n) is 2.48. The summed E-state index contributed by atoms with van der Waals surface area (Å²) in [6.07, 6.45) is 1.15. The van der Waals surface area contributed by atoms with Gasteiger partial charge in [0.05, 0.1) is 11.1 Å². The first-order valence-corrected chi connectivity index (χ1v) is 7.08. The standard InChI is InChI=1S/C15H21N5/c1-3-8-19(4-2)9-10-20-13-7-5-6-12(11-16)14(13)18-15(20)17/h5-7H,3-4,8-10H2,1-2H3,(H2,17,18). The summed E-state index contributed by atoms with van der Waals surface area (Å²) in [6.45, 7) is 8.21. The number of nitrogen functional groups attached to an aromatic ring is 1. The van der Waals surface area contributed by atoms with E-state index in [1.807, 2.05) is 16.7 Å². The van der Waals surface area contributed by atoms with Crippen LogP contribution in [0.15, 0.2) is 18.2 Å². The summed E-state index contributed by atoms with van der Waals surface area (Å²) < 4.78 is 1.99. The Balaban J connectivity index is 2.26. The fourth-order valence-corrected chi connectivity index (χ4v) is 2.48. The van der Waals surface area contributed by atoms with Crippen molar-refractivity contribution in [1.82, 2.24) is 14.5 Å². The van der Waals surface area contributed by atoms with Gasteiger partial charge in [-0.3, -0.25) is 0 Å². The molecule has 0 radical (unpaired) electrons. The number of likely N-dealkylation sites (N-methyl/N-ethyl adjacent to an activating group) is 1. The van der Waals surface area contributed by atoms with Crippen LogP contribution in [-0.2, 0) is 6.54 Å². The lowest BCUT2D eigenvalue weighted by Crippen LogP contribution is -2.28. The van der Waals surface area contributed by atoms with E-state index >= 15 is 0 Å². The van der Waals surface area contributed by atoms with Crippen molar-refractivity contribution in [2.24, 2.45) is 0 Å². The average molecular weight is 271 g/mol. The molecule has 0 atom stereocenters. The molecule has 0 aliphatic heterocycles. The molecule has 0 bridgehead atoms. The number of aromatic nitrogens is 2. The smallest absolute Gasteiger partial charge is 0.201 e. The molecule has 106 valence electrons. The molecule has 2 rings (SSSR count). The van der Waals surface area contributed by atoms with Gasteiger partial charge in [0.25, 0.3) is 0 Å². The van der Waals surface area contributed by atoms with Crippen LogP contribution in [0.5, 0.6) is 0 Å². The molecule has 1 heterocycles. The number of nitrogens with zero attached hydrogens (tertiary/aromatic N) is 4. The van der Waals surface area contributed by atoms with Crippen LogP contribution in [0.3, 0.4) is 0 Å². The summed E-state index contributed by atoms with van der Waals surface area (Å²) in [4.78, 5) is 6.72. The third kappa shape index (κ3) is 2.75. The third-order valence-electron chi connectivity index (χ3n) is 3.56. The number of hydrogen-bond donors (Lipinski definition) is 1. The minimum Gasteiger partial charge on any atom is -0.369 e. The van der Waals surface area contributed by atoms with Crippen molar-refractivity contribution in [1.29, 1.82) is 5.26 Å². The number of hydrogen-bond acceptors (Lipinski definition) is 4. The molecule has 1 aromatic heterocycles. The number of fused-ring (bicyclic) bond motifs is 1. The van der Waals surface area contributed by atoms with Gasteiger partial charge in [-0.2, -0.15) is 5.26 Å². The lowest BCUT2D eigenvalue weighted by Gasteiger charge is -2.20. The highest BCUT2D eigenvalue weighted by atomic mass is 15.2. The monoisotopic (exact) mass is 271 g/mol. The molecular weight excluding hydrogens is 250 g/mol. The highest BCUT2D eigenvalue weighted by molar-refractivity contribution is 5.83. The van der Waals surface area contributed by atoms with Crippen LogP contribution < -0.4 is 5.73 Å². The summed E-state index contributed by atoms with van der Waals surface area (Å²) in [5, 5.41) is 9.11. The van der Waals surface area contributed by atoms with Gasteiger partial charge < -0.3 is 15.2 Å². The SMILES string of the molecule is CCCN(CC)CCn1c(N)nc2c(C#N)cccc21. The summed E-state index contributed by atoms with van der Waals surface area (Å²) in [5.41, 5.74) is 8.22. The summed E-state index contributed by atoms with van der Waals surface area (Å²) >= 11 is 0. The number of anilines is 1. The van der Waals surface area contributed by atoms with Gasteiger partial charge in [0.1, 0.15) is 11.6 Å². The Morgan fingerprint density at radius 1 is 1.35 bits per heavy atom. The van der Waals surface area contributed by atoms with Gasteiger partial charge in [-0.25, -0.2) is 4.98 Å². The highest BCUT2D eigenvalue weighted by Crippen LogP contribution is 2.20. The number of benzene rings is 1. The normalized spacial score (nSPS) is 11.1. The molecule has 0 aliphatic rings. The van der Waals surface area contributed by atoms with Gasteiger partial charge in [0, 0.05) is 13.1 Å². The van der Waals surface area contributed by atoms with Crippen LogP contribution in [0.25, 0.3) is 11.0 Å². The summed E-state index contributed by atoms with van der Waals surface area (Å²) in [7, 11) is 0. The molecule has 2 N–H and O–H groups in total. The van der Waals surface area contributed by atoms with E-state index in [4.69, 9.17) is 11.0 Å². The van der Waals surface area contributed by atoms with E-state index in [0.717, 1.165) is 38.1 Å². The molecule has 5 nitrogen and oxygen atoms in total. The molecule has 5 heteroatoms. The van der Waals surface area contributed by atoms with Crippen molar-refractivity contribution < 1.29 is 0 Å². The summed E-state index contributed by atoms with van der Waals surface area (Å²) in [6, 6.07) is 7.78. The molecule has 0 fully saturated rings. The van der Waals surface area contributed by atoms with Gasteiger partial charge in [0.2, 0.25) is 5.95 Å². The van der Waals surface area contributed by atoms with Crippen LogP contribution in [-0.4, -0.2) is 34.1 Å². The van der Waals surface area contributed by atoms with Crippen molar-refractivity contribution in [2.45, 2.75) is 26.8 Å². The third-order valence-corrected chi connectivity index (χ3v) is 3.56. The maximum Gasteiger partial charge on any atom is 0.201 e. The number of nitrogens with two attached hydrogens (primary N) is 1. The Morgan fingerprint density at radius 3 is 2.80 bits per heavy atom. The molecule has 2 aromatic rings. The van der Waals surface area contributed by atoms with Crippen molar-refractivity contribution in [3.63, 3.8) is 0 Å². The van der Waals surface area contributed by atoms with Gasteiger partial charge >= 0.3 is 0 Å². The van der Waals surface area contributed by atoms with Gasteiger partial charge in [-0.05, 0) is 31.6 Å². The second-order valence-corrected chi connectivity index (χ2v) is 4.84. The van der Waals surface area contributed by atoms with Crippen LogP contribution in [0.4, 0.5) is 5.95 Å². The molecule has 0 saturated heterocycles. The summed E-state index contributed by atoms with van der Waals surface area (Å²) in [5.74, 6) is 0.482. The quantitative estimate of drug-likeness (QED) is 0.874. The Kier molecular flexibility index (Phi) is 4.59. The van der Waals surface area contributed by atoms with E-state index in [1.165, 1.54) is 0 Å². The van der Waals surface area contributed by atoms with Gasteiger partial charge in [-0.1, -0.05) is 19.9 Å². The molecule has 0 spiro atoms. The lowest BCUT2D eigenvalue weighted by molar-refractivity contribution is 0.278. The van der Waals surface area contributed by atoms with Crippen molar-refractivity contribution in [3.8, 4) is 6.07 Å². The van der Waals surface area contributed by atoms with Crippen LogP contribution in [0.1, 0.15) is 25.8 Å². The Hall–Kier alpha value is -2.06. The molecule has 20 heavy (non-hydrogen) atoms. The second kappa shape index (κ2) is 6.40. The van der Waals surface area contributed by atoms with Gasteiger partial charge in [-0.15, -0.1) is 0 Å². The highest BCUT2D eigenvalue weighted by Gasteiger charge is 2.12. The van der Waals surface area contributed by atoms with E-state index in [1.54, 1.807) is 6.07 Å². The molecule has 0 unspecified atom stereocenters. The van der Waals surface area contributed by atoms with E-state index < -0.39 is 0 Å². The fraction of sp³-hybridized carbons (Fsp3) is 0.467. The second-order valence-electron chi connectivity index (χ2n) is 4.84. The molecular formula is C15H21N5. The average Bonchev–Trinajstić information content (AvgIpc) is 2.79. The van der Waals surface area contributed by atoms with Crippen LogP contribution in [0, 0.1) is 11.3 Å². The number of para-hydroxylation sites is 1. The Labute approximate surface area is 119 Å². The van der Waals surface area contributed by atoms with Crippen molar-refractivity contribution >= 4 is 17.0 Å². The van der Waals surface area contributed by atoms with E-state index in [2.05, 4.69) is 29.8 Å². The number of nitriles is 1. The zero-order valence-corrected chi connectivity index (χ0v) is 12.1.